The summed E-state index contributed by atoms with van der Waals surface area (Å²) in [5, 5.41) is 4.06. The third-order valence-corrected chi connectivity index (χ3v) is 3.85. The number of nitrogens with two attached hydrogens (primary N) is 1. The number of carbonyl (C=O) groups excluding carboxylic acids is 2. The van der Waals surface area contributed by atoms with Crippen molar-refractivity contribution in [3.63, 3.8) is 0 Å². The molecule has 0 bridgehead atoms. The van der Waals surface area contributed by atoms with Crippen LogP contribution < -0.4 is 5.73 Å². The van der Waals surface area contributed by atoms with Gasteiger partial charge in [-0.15, -0.1) is 11.6 Å². The smallest absolute Gasteiger partial charge is 0.349 e. The van der Waals surface area contributed by atoms with Crippen LogP contribution >= 0.6 is 23.2 Å². The Hall–Kier alpha value is -1.59. The van der Waals surface area contributed by atoms with Crippen LogP contribution in [-0.2, 0) is 9.63 Å². The third-order valence-electron chi connectivity index (χ3n) is 3.40. The van der Waals surface area contributed by atoms with Gasteiger partial charge in [0.15, 0.2) is 5.78 Å². The number of ketones is 1. The summed E-state index contributed by atoms with van der Waals surface area (Å²) in [6, 6.07) is 6.85. The highest BCUT2D eigenvalue weighted by atomic mass is 35.5. The number of benzene rings is 1. The van der Waals surface area contributed by atoms with Gasteiger partial charge in [0.05, 0.1) is 0 Å². The first kappa shape index (κ1) is 15.8. The molecule has 1 aliphatic rings. The molecular formula is C14H14Cl2N2O3. The van der Waals surface area contributed by atoms with Crippen LogP contribution in [0.1, 0.15) is 23.2 Å². The van der Waals surface area contributed by atoms with E-state index < -0.39 is 5.97 Å². The number of alkyl halides is 1. The second-order valence-corrected chi connectivity index (χ2v) is 5.56. The van der Waals surface area contributed by atoms with Crippen molar-refractivity contribution in [2.45, 2.75) is 12.8 Å². The standard InChI is InChI=1S/C14H14Cl2N2O3/c15-7-12(19)21-18-14(17)10-4-9(5-10)13(20)8-2-1-3-11(16)6-8/h1-3,6,9-10H,4-5,7H2,(H2,17,18). The van der Waals surface area contributed by atoms with E-state index in [1.807, 2.05) is 0 Å². The van der Waals surface area contributed by atoms with E-state index in [1.165, 1.54) is 0 Å². The minimum absolute atomic E-state index is 0.0410. The zero-order valence-corrected chi connectivity index (χ0v) is 12.6. The molecular weight excluding hydrogens is 315 g/mol. The first-order chi connectivity index (χ1) is 10.0. The Balaban J connectivity index is 1.89. The Labute approximate surface area is 132 Å². The fourth-order valence-corrected chi connectivity index (χ4v) is 2.39. The predicted molar refractivity (Wildman–Crippen MR) is 80.4 cm³/mol. The third kappa shape index (κ3) is 3.95. The van der Waals surface area contributed by atoms with Crippen LogP contribution in [-0.4, -0.2) is 23.5 Å². The van der Waals surface area contributed by atoms with Crippen molar-refractivity contribution in [2.24, 2.45) is 22.7 Å². The Morgan fingerprint density at radius 1 is 1.33 bits per heavy atom. The molecule has 112 valence electrons. The molecule has 0 unspecified atom stereocenters. The Bertz CT molecular complexity index is 583. The molecule has 1 aromatic carbocycles. The minimum atomic E-state index is -0.662. The summed E-state index contributed by atoms with van der Waals surface area (Å²) in [6.45, 7) is 0. The highest BCUT2D eigenvalue weighted by molar-refractivity contribution is 6.31. The van der Waals surface area contributed by atoms with Crippen molar-refractivity contribution in [1.82, 2.24) is 0 Å². The molecule has 2 N–H and O–H groups in total. The van der Waals surface area contributed by atoms with E-state index in [1.54, 1.807) is 24.3 Å². The average molecular weight is 329 g/mol. The summed E-state index contributed by atoms with van der Waals surface area (Å²) in [4.78, 5) is 27.6. The van der Waals surface area contributed by atoms with Gasteiger partial charge >= 0.3 is 5.97 Å². The average Bonchev–Trinajstić information content (AvgIpc) is 2.43. The maximum Gasteiger partial charge on any atom is 0.349 e. The summed E-state index contributed by atoms with van der Waals surface area (Å²) in [5.41, 5.74) is 6.30. The molecule has 1 aromatic rings. The molecule has 0 amide bonds. The molecule has 0 heterocycles. The van der Waals surface area contributed by atoms with E-state index in [0.29, 0.717) is 23.4 Å². The minimum Gasteiger partial charge on any atom is -0.384 e. The van der Waals surface area contributed by atoms with Gasteiger partial charge < -0.3 is 10.6 Å². The zero-order valence-electron chi connectivity index (χ0n) is 11.1. The van der Waals surface area contributed by atoms with E-state index in [-0.39, 0.29) is 29.3 Å². The van der Waals surface area contributed by atoms with Gasteiger partial charge in [-0.1, -0.05) is 28.9 Å². The number of hydrogen-bond acceptors (Lipinski definition) is 4. The quantitative estimate of drug-likeness (QED) is 0.225. The van der Waals surface area contributed by atoms with Gasteiger partial charge in [-0.05, 0) is 25.0 Å². The number of nitrogens with zero attached hydrogens (tertiary/aromatic N) is 1. The van der Waals surface area contributed by atoms with E-state index in [9.17, 15) is 9.59 Å². The van der Waals surface area contributed by atoms with Crippen LogP contribution in [0.15, 0.2) is 29.4 Å². The lowest BCUT2D eigenvalue weighted by Gasteiger charge is -2.33. The van der Waals surface area contributed by atoms with Crippen LogP contribution in [0.3, 0.4) is 0 Å². The van der Waals surface area contributed by atoms with Crippen molar-refractivity contribution in [3.8, 4) is 0 Å². The summed E-state index contributed by atoms with van der Waals surface area (Å²) < 4.78 is 0. The van der Waals surface area contributed by atoms with Crippen molar-refractivity contribution >= 4 is 40.8 Å². The molecule has 1 aliphatic carbocycles. The van der Waals surface area contributed by atoms with E-state index in [2.05, 4.69) is 9.99 Å². The molecule has 1 saturated carbocycles. The molecule has 21 heavy (non-hydrogen) atoms. The normalized spacial score (nSPS) is 21.5. The predicted octanol–water partition coefficient (Wildman–Crippen LogP) is 2.60. The van der Waals surface area contributed by atoms with Crippen LogP contribution in [0.25, 0.3) is 0 Å². The number of halogens is 2. The van der Waals surface area contributed by atoms with Crippen LogP contribution in [0.5, 0.6) is 0 Å². The van der Waals surface area contributed by atoms with Crippen LogP contribution in [0, 0.1) is 11.8 Å². The highest BCUT2D eigenvalue weighted by Gasteiger charge is 2.37. The molecule has 5 nitrogen and oxygen atoms in total. The SMILES string of the molecule is NC(=NOC(=O)CCl)C1CC(C(=O)c2cccc(Cl)c2)C1. The number of Topliss-reactive ketones (excluding diaryl/α,β-unsaturated/α-hetero) is 1. The second kappa shape index (κ2) is 6.91. The van der Waals surface area contributed by atoms with Gasteiger partial charge in [0.1, 0.15) is 11.7 Å². The molecule has 0 atom stereocenters. The van der Waals surface area contributed by atoms with Gasteiger partial charge in [-0.2, -0.15) is 0 Å². The van der Waals surface area contributed by atoms with Gasteiger partial charge in [0, 0.05) is 22.4 Å². The summed E-state index contributed by atoms with van der Waals surface area (Å²) in [6.07, 6.45) is 1.16. The van der Waals surface area contributed by atoms with Crippen molar-refractivity contribution in [1.29, 1.82) is 0 Å². The maximum absolute atomic E-state index is 12.2. The van der Waals surface area contributed by atoms with Crippen molar-refractivity contribution < 1.29 is 14.4 Å². The zero-order chi connectivity index (χ0) is 15.4. The summed E-state index contributed by atoms with van der Waals surface area (Å²) in [7, 11) is 0. The molecule has 0 aromatic heterocycles. The lowest BCUT2D eigenvalue weighted by molar-refractivity contribution is -0.140. The van der Waals surface area contributed by atoms with Crippen molar-refractivity contribution in [3.05, 3.63) is 34.9 Å². The van der Waals surface area contributed by atoms with Crippen LogP contribution in [0.2, 0.25) is 5.02 Å². The topological polar surface area (TPSA) is 81.8 Å². The van der Waals surface area contributed by atoms with E-state index >= 15 is 0 Å². The molecule has 0 radical (unpaired) electrons. The second-order valence-electron chi connectivity index (χ2n) is 4.85. The number of hydrogen-bond donors (Lipinski definition) is 1. The van der Waals surface area contributed by atoms with Gasteiger partial charge in [0.2, 0.25) is 0 Å². The van der Waals surface area contributed by atoms with Gasteiger partial charge in [-0.25, -0.2) is 4.79 Å². The van der Waals surface area contributed by atoms with Crippen molar-refractivity contribution in [2.75, 3.05) is 5.88 Å². The molecule has 0 spiro atoms. The molecule has 7 heteroatoms. The largest absolute Gasteiger partial charge is 0.384 e. The summed E-state index contributed by atoms with van der Waals surface area (Å²) in [5.74, 6) is -0.849. The fraction of sp³-hybridized carbons (Fsp3) is 0.357. The fourth-order valence-electron chi connectivity index (χ4n) is 2.15. The first-order valence-corrected chi connectivity index (χ1v) is 7.31. The lowest BCUT2D eigenvalue weighted by Crippen LogP contribution is -2.39. The highest BCUT2D eigenvalue weighted by Crippen LogP contribution is 2.36. The first-order valence-electron chi connectivity index (χ1n) is 6.40. The molecule has 0 aliphatic heterocycles. The molecule has 1 fully saturated rings. The maximum atomic E-state index is 12.2. The van der Waals surface area contributed by atoms with E-state index in [0.717, 1.165) is 0 Å². The Morgan fingerprint density at radius 2 is 2.05 bits per heavy atom. The summed E-state index contributed by atoms with van der Waals surface area (Å²) >= 11 is 11.1. The van der Waals surface area contributed by atoms with Gasteiger partial charge in [0.25, 0.3) is 0 Å². The Morgan fingerprint density at radius 3 is 2.67 bits per heavy atom. The number of rotatable bonds is 5. The lowest BCUT2D eigenvalue weighted by atomic mass is 9.71. The Kier molecular flexibility index (Phi) is 5.20. The van der Waals surface area contributed by atoms with E-state index in [4.69, 9.17) is 28.9 Å². The number of oxime groups is 1. The number of carbonyl (C=O) groups is 2. The molecule has 2 rings (SSSR count). The number of amidine groups is 1. The van der Waals surface area contributed by atoms with Crippen LogP contribution in [0.4, 0.5) is 0 Å². The molecule has 0 saturated heterocycles. The van der Waals surface area contributed by atoms with Gasteiger partial charge in [-0.3, -0.25) is 4.79 Å². The monoisotopic (exact) mass is 328 g/mol.